The van der Waals surface area contributed by atoms with Crippen molar-refractivity contribution in [2.24, 2.45) is 5.10 Å². The van der Waals surface area contributed by atoms with Gasteiger partial charge in [0.15, 0.2) is 0 Å². The van der Waals surface area contributed by atoms with Crippen molar-refractivity contribution in [1.82, 2.24) is 14.6 Å². The summed E-state index contributed by atoms with van der Waals surface area (Å²) in [5.74, 6) is -0.465. The summed E-state index contributed by atoms with van der Waals surface area (Å²) in [6.07, 6.45) is 1.59. The number of hydrogen-bond acceptors (Lipinski definition) is 5. The van der Waals surface area contributed by atoms with Gasteiger partial charge >= 0.3 is 0 Å². The maximum Gasteiger partial charge on any atom is 0.269 e. The molecule has 1 amide bonds. The number of aryl methyl sites for hydroxylation is 4. The Balaban J connectivity index is 1.77. The Kier molecular flexibility index (Phi) is 7.49. The second-order valence-corrected chi connectivity index (χ2v) is 8.35. The summed E-state index contributed by atoms with van der Waals surface area (Å²) in [5.41, 5.74) is 9.44. The van der Waals surface area contributed by atoms with E-state index in [2.05, 4.69) is 47.1 Å². The third kappa shape index (κ3) is 5.00. The quantitative estimate of drug-likeness (QED) is 0.432. The third-order valence-electron chi connectivity index (χ3n) is 5.91. The number of aromatic nitrogens is 2. The van der Waals surface area contributed by atoms with Crippen LogP contribution < -0.4 is 11.0 Å². The number of carbonyl (C=O) groups excluding carboxylic acids is 1. The Morgan fingerprint density at radius 1 is 1.12 bits per heavy atom. The number of hydrazone groups is 1. The van der Waals surface area contributed by atoms with Gasteiger partial charge in [-0.15, -0.1) is 0 Å². The van der Waals surface area contributed by atoms with E-state index in [0.717, 1.165) is 22.6 Å². The molecule has 1 N–H and O–H groups in total. The molecular weight excluding hydrogens is 430 g/mol. The molecule has 0 spiro atoms. The fourth-order valence-electron chi connectivity index (χ4n) is 3.95. The molecule has 8 nitrogen and oxygen atoms in total. The Bertz CT molecular complexity index is 1370. The molecule has 0 aliphatic heterocycles. The van der Waals surface area contributed by atoms with Gasteiger partial charge in [0.25, 0.3) is 11.5 Å². The molecule has 176 valence electrons. The van der Waals surface area contributed by atoms with Gasteiger partial charge < -0.3 is 13.9 Å². The standard InChI is InChI=1S/C26H29N5O3/c1-16-7-8-23(9-17(16)2)31-19(4)11-21(20(31)5)13-28-29-25(32)14-30-18(3)10-22(15-34-6)24(12-27)26(30)33/h7-11,13H,14-15H2,1-6H3,(H,29,32). The van der Waals surface area contributed by atoms with Gasteiger partial charge in [0.05, 0.1) is 12.8 Å². The molecule has 0 fully saturated rings. The van der Waals surface area contributed by atoms with E-state index in [9.17, 15) is 14.9 Å². The van der Waals surface area contributed by atoms with Gasteiger partial charge in [-0.25, -0.2) is 5.43 Å². The van der Waals surface area contributed by atoms with Crippen molar-refractivity contribution in [2.75, 3.05) is 7.11 Å². The monoisotopic (exact) mass is 459 g/mol. The molecule has 8 heteroatoms. The van der Waals surface area contributed by atoms with Gasteiger partial charge in [-0.1, -0.05) is 6.07 Å². The van der Waals surface area contributed by atoms with Gasteiger partial charge in [-0.05, 0) is 70.0 Å². The van der Waals surface area contributed by atoms with Crippen LogP contribution in [-0.2, 0) is 22.7 Å². The van der Waals surface area contributed by atoms with Crippen molar-refractivity contribution >= 4 is 12.1 Å². The first kappa shape index (κ1) is 24.7. The Labute approximate surface area is 199 Å². The van der Waals surface area contributed by atoms with Crippen molar-refractivity contribution < 1.29 is 9.53 Å². The predicted molar refractivity (Wildman–Crippen MR) is 131 cm³/mol. The highest BCUT2D eigenvalue weighted by Crippen LogP contribution is 2.21. The molecule has 0 radical (unpaired) electrons. The molecule has 3 aromatic rings. The molecular formula is C26H29N5O3. The average molecular weight is 460 g/mol. The van der Waals surface area contributed by atoms with Crippen LogP contribution in [0.1, 0.15) is 44.9 Å². The van der Waals surface area contributed by atoms with Gasteiger partial charge in [-0.3, -0.25) is 9.59 Å². The van der Waals surface area contributed by atoms with E-state index in [0.29, 0.717) is 11.3 Å². The Morgan fingerprint density at radius 2 is 1.85 bits per heavy atom. The largest absolute Gasteiger partial charge is 0.380 e. The number of methoxy groups -OCH3 is 1. The molecule has 3 rings (SSSR count). The molecule has 0 aliphatic rings. The molecule has 0 saturated carbocycles. The van der Waals surface area contributed by atoms with Crippen LogP contribution in [0, 0.1) is 45.9 Å². The molecule has 0 unspecified atom stereocenters. The fourth-order valence-corrected chi connectivity index (χ4v) is 3.95. The van der Waals surface area contributed by atoms with E-state index < -0.39 is 11.5 Å². The van der Waals surface area contributed by atoms with E-state index in [4.69, 9.17) is 4.74 Å². The fraction of sp³-hybridized carbons (Fsp3) is 0.308. The number of pyridine rings is 1. The maximum atomic E-state index is 12.7. The number of nitriles is 1. The zero-order valence-corrected chi connectivity index (χ0v) is 20.4. The Hall–Kier alpha value is -3.96. The van der Waals surface area contributed by atoms with Crippen LogP contribution in [0.5, 0.6) is 0 Å². The minimum Gasteiger partial charge on any atom is -0.380 e. The number of carbonyl (C=O) groups is 1. The minimum absolute atomic E-state index is 0.0254. The molecule has 1 aromatic carbocycles. The lowest BCUT2D eigenvalue weighted by atomic mass is 10.1. The van der Waals surface area contributed by atoms with Crippen molar-refractivity contribution in [3.8, 4) is 11.8 Å². The zero-order chi connectivity index (χ0) is 25.0. The lowest BCUT2D eigenvalue weighted by Crippen LogP contribution is -2.33. The summed E-state index contributed by atoms with van der Waals surface area (Å²) in [7, 11) is 1.49. The molecule has 0 bridgehead atoms. The minimum atomic E-state index is -0.523. The predicted octanol–water partition coefficient (Wildman–Crippen LogP) is 3.35. The average Bonchev–Trinajstić information content (AvgIpc) is 3.06. The lowest BCUT2D eigenvalue weighted by molar-refractivity contribution is -0.121. The molecule has 34 heavy (non-hydrogen) atoms. The summed E-state index contributed by atoms with van der Waals surface area (Å²) in [6.45, 7) is 9.80. The summed E-state index contributed by atoms with van der Waals surface area (Å²) < 4.78 is 8.46. The van der Waals surface area contributed by atoms with Crippen LogP contribution in [0.25, 0.3) is 5.69 Å². The van der Waals surface area contributed by atoms with E-state index in [1.165, 1.54) is 22.8 Å². The second kappa shape index (κ2) is 10.3. The van der Waals surface area contributed by atoms with E-state index in [1.807, 2.05) is 26.0 Å². The number of nitrogens with zero attached hydrogens (tertiary/aromatic N) is 4. The highest BCUT2D eigenvalue weighted by molar-refractivity contribution is 5.84. The summed E-state index contributed by atoms with van der Waals surface area (Å²) >= 11 is 0. The summed E-state index contributed by atoms with van der Waals surface area (Å²) in [5, 5.41) is 13.4. The number of ether oxygens (including phenoxy) is 1. The van der Waals surface area contributed by atoms with Crippen molar-refractivity contribution in [3.63, 3.8) is 0 Å². The van der Waals surface area contributed by atoms with Crippen molar-refractivity contribution in [2.45, 2.75) is 47.8 Å². The van der Waals surface area contributed by atoms with Crippen LogP contribution >= 0.6 is 0 Å². The third-order valence-corrected chi connectivity index (χ3v) is 5.91. The number of rotatable bonds is 7. The first-order valence-corrected chi connectivity index (χ1v) is 10.9. The number of nitrogens with one attached hydrogen (secondary N) is 1. The van der Waals surface area contributed by atoms with E-state index in [-0.39, 0.29) is 18.7 Å². The zero-order valence-electron chi connectivity index (χ0n) is 20.4. The van der Waals surface area contributed by atoms with Gasteiger partial charge in [0, 0.05) is 41.0 Å². The number of benzene rings is 1. The van der Waals surface area contributed by atoms with Gasteiger partial charge in [-0.2, -0.15) is 10.4 Å². The number of amides is 1. The normalized spacial score (nSPS) is 11.1. The molecule has 2 aromatic heterocycles. The van der Waals surface area contributed by atoms with E-state index in [1.54, 1.807) is 19.2 Å². The maximum absolute atomic E-state index is 12.7. The topological polar surface area (TPSA) is 101 Å². The van der Waals surface area contributed by atoms with Crippen molar-refractivity contribution in [1.29, 1.82) is 5.26 Å². The molecule has 2 heterocycles. The molecule has 0 aliphatic carbocycles. The van der Waals surface area contributed by atoms with Crippen LogP contribution in [0.2, 0.25) is 0 Å². The van der Waals surface area contributed by atoms with Crippen LogP contribution in [0.4, 0.5) is 0 Å². The highest BCUT2D eigenvalue weighted by atomic mass is 16.5. The van der Waals surface area contributed by atoms with Gasteiger partial charge in [0.2, 0.25) is 0 Å². The van der Waals surface area contributed by atoms with E-state index >= 15 is 0 Å². The Morgan fingerprint density at radius 3 is 2.50 bits per heavy atom. The smallest absolute Gasteiger partial charge is 0.269 e. The highest BCUT2D eigenvalue weighted by Gasteiger charge is 2.15. The molecule has 0 saturated heterocycles. The van der Waals surface area contributed by atoms with Crippen LogP contribution in [0.3, 0.4) is 0 Å². The van der Waals surface area contributed by atoms with Crippen LogP contribution in [-0.4, -0.2) is 28.4 Å². The molecule has 0 atom stereocenters. The second-order valence-electron chi connectivity index (χ2n) is 8.35. The summed E-state index contributed by atoms with van der Waals surface area (Å²) in [4.78, 5) is 25.1. The summed E-state index contributed by atoms with van der Waals surface area (Å²) in [6, 6.07) is 11.9. The first-order chi connectivity index (χ1) is 16.2. The van der Waals surface area contributed by atoms with Crippen molar-refractivity contribution in [3.05, 3.63) is 85.6 Å². The number of hydrogen-bond donors (Lipinski definition) is 1. The lowest BCUT2D eigenvalue weighted by Gasteiger charge is -2.12. The first-order valence-electron chi connectivity index (χ1n) is 10.9. The van der Waals surface area contributed by atoms with Crippen LogP contribution in [0.15, 0.2) is 40.2 Å². The van der Waals surface area contributed by atoms with Gasteiger partial charge in [0.1, 0.15) is 18.2 Å². The SMILES string of the molecule is COCc1cc(C)n(CC(=O)NN=Cc2cc(C)n(-c3ccc(C)c(C)c3)c2C)c(=O)c1C#N.